The van der Waals surface area contributed by atoms with E-state index in [1.807, 2.05) is 20.8 Å². The van der Waals surface area contributed by atoms with Gasteiger partial charge in [0.1, 0.15) is 12.1 Å². The molecule has 4 aromatic rings. The largest absolute Gasteiger partial charge is 0.342 e. The van der Waals surface area contributed by atoms with Gasteiger partial charge in [0, 0.05) is 18.7 Å². The van der Waals surface area contributed by atoms with E-state index in [1.54, 1.807) is 30.2 Å². The first-order chi connectivity index (χ1) is 17.7. The molecule has 1 amide bonds. The Bertz CT molecular complexity index is 1440. The minimum absolute atomic E-state index is 0.0355. The second-order valence-corrected chi connectivity index (χ2v) is 10.1. The normalized spacial score (nSPS) is 15.6. The summed E-state index contributed by atoms with van der Waals surface area (Å²) in [5, 5.41) is 14.0. The van der Waals surface area contributed by atoms with Crippen molar-refractivity contribution in [2.45, 2.75) is 57.9 Å². The summed E-state index contributed by atoms with van der Waals surface area (Å²) in [5.74, 6) is -0.0885. The molecule has 3 aromatic heterocycles. The van der Waals surface area contributed by atoms with Crippen LogP contribution in [0.25, 0.3) is 11.4 Å². The van der Waals surface area contributed by atoms with Gasteiger partial charge < -0.3 is 15.2 Å². The van der Waals surface area contributed by atoms with Crippen LogP contribution < -0.4 is 10.6 Å². The molecule has 0 spiro atoms. The predicted molar refractivity (Wildman–Crippen MR) is 132 cm³/mol. The van der Waals surface area contributed by atoms with Crippen molar-refractivity contribution < 1.29 is 13.7 Å². The molecular formula is C25H28FN9O2. The quantitative estimate of drug-likeness (QED) is 0.385. The van der Waals surface area contributed by atoms with Crippen LogP contribution in [-0.4, -0.2) is 40.8 Å². The zero-order valence-corrected chi connectivity index (χ0v) is 21.1. The molecule has 12 heteroatoms. The first-order valence-electron chi connectivity index (χ1n) is 12.1. The molecule has 5 rings (SSSR count). The van der Waals surface area contributed by atoms with Crippen LogP contribution in [0.5, 0.6) is 0 Å². The molecule has 0 aliphatic heterocycles. The predicted octanol–water partition coefficient (Wildman–Crippen LogP) is 4.03. The van der Waals surface area contributed by atoms with Gasteiger partial charge in [0.15, 0.2) is 5.82 Å². The average Bonchev–Trinajstić information content (AvgIpc) is 3.47. The first-order valence-corrected chi connectivity index (χ1v) is 12.1. The third-order valence-electron chi connectivity index (χ3n) is 6.14. The molecule has 0 saturated carbocycles. The highest BCUT2D eigenvalue weighted by Crippen LogP contribution is 2.33. The number of fused-ring (bicyclic) bond motifs is 1. The number of carbonyl (C=O) groups is 1. The van der Waals surface area contributed by atoms with Crippen molar-refractivity contribution in [3.8, 4) is 11.4 Å². The zero-order chi connectivity index (χ0) is 26.2. The Morgan fingerprint density at radius 3 is 2.76 bits per heavy atom. The second-order valence-electron chi connectivity index (χ2n) is 10.1. The Hall–Kier alpha value is -4.22. The van der Waals surface area contributed by atoms with Crippen LogP contribution in [0.1, 0.15) is 73.7 Å². The Balaban J connectivity index is 1.40. The fraction of sp³-hybridized carbons (Fsp3) is 0.400. The summed E-state index contributed by atoms with van der Waals surface area (Å²) in [5.41, 5.74) is 2.27. The first kappa shape index (κ1) is 24.5. The van der Waals surface area contributed by atoms with Gasteiger partial charge in [0.05, 0.1) is 23.5 Å². The van der Waals surface area contributed by atoms with Crippen LogP contribution in [0.4, 0.5) is 16.0 Å². The van der Waals surface area contributed by atoms with Crippen molar-refractivity contribution in [1.82, 2.24) is 40.2 Å². The summed E-state index contributed by atoms with van der Waals surface area (Å²) in [6, 6.07) is 2.85. The minimum atomic E-state index is -0.479. The highest BCUT2D eigenvalue weighted by Gasteiger charge is 2.28. The van der Waals surface area contributed by atoms with Crippen LogP contribution in [-0.2, 0) is 18.9 Å². The van der Waals surface area contributed by atoms with Crippen molar-refractivity contribution in [2.75, 3.05) is 5.32 Å². The molecule has 0 radical (unpaired) electrons. The van der Waals surface area contributed by atoms with E-state index in [9.17, 15) is 4.79 Å². The molecule has 0 fully saturated rings. The van der Waals surface area contributed by atoms with Crippen LogP contribution in [0.3, 0.4) is 0 Å². The Kier molecular flexibility index (Phi) is 6.40. The van der Waals surface area contributed by atoms with Crippen molar-refractivity contribution in [2.24, 2.45) is 7.05 Å². The van der Waals surface area contributed by atoms with E-state index in [-0.39, 0.29) is 34.6 Å². The van der Waals surface area contributed by atoms with E-state index < -0.39 is 11.7 Å². The number of nitrogens with zero attached hydrogens (tertiary/aromatic N) is 7. The van der Waals surface area contributed by atoms with Crippen LogP contribution in [0.2, 0.25) is 0 Å². The monoisotopic (exact) mass is 505 g/mol. The number of hydrogen-bond acceptors (Lipinski definition) is 9. The van der Waals surface area contributed by atoms with Gasteiger partial charge in [-0.1, -0.05) is 32.3 Å². The van der Waals surface area contributed by atoms with Crippen molar-refractivity contribution >= 4 is 17.5 Å². The Morgan fingerprint density at radius 2 is 2.03 bits per heavy atom. The zero-order valence-electron chi connectivity index (χ0n) is 21.1. The molecule has 1 aliphatic carbocycles. The summed E-state index contributed by atoms with van der Waals surface area (Å²) in [6.45, 7) is 5.78. The molecule has 0 unspecified atom stereocenters. The number of rotatable bonds is 5. The highest BCUT2D eigenvalue weighted by atomic mass is 19.1. The number of aromatic nitrogens is 7. The van der Waals surface area contributed by atoms with Crippen molar-refractivity contribution in [3.05, 3.63) is 59.5 Å². The van der Waals surface area contributed by atoms with Crippen molar-refractivity contribution in [1.29, 1.82) is 0 Å². The lowest BCUT2D eigenvalue weighted by molar-refractivity contribution is 0.0920. The van der Waals surface area contributed by atoms with Gasteiger partial charge in [0.2, 0.25) is 11.8 Å². The molecule has 0 bridgehead atoms. The summed E-state index contributed by atoms with van der Waals surface area (Å²) < 4.78 is 22.3. The number of hydrogen-bond donors (Lipinski definition) is 2. The standard InChI is InChI=1S/C25H28FN9O2/c1-25(2,3)23-32-21(34-37-23)22(36)31-19-8-6-5-7-14-9-17(18(26)10-16(14)19)20-27-13-28-24(33-20)30-15-11-29-35(4)12-15/h9-13,19H,5-8H2,1-4H3,(H,31,36)(H,27,28,30,33)/t19-/m1/s1. The number of halogens is 1. The third-order valence-corrected chi connectivity index (χ3v) is 6.14. The van der Waals surface area contributed by atoms with Crippen LogP contribution in [0, 0.1) is 5.82 Å². The maximum Gasteiger partial charge on any atom is 0.293 e. The second kappa shape index (κ2) is 9.68. The number of amides is 1. The number of nitrogens with one attached hydrogen (secondary N) is 2. The summed E-state index contributed by atoms with van der Waals surface area (Å²) >= 11 is 0. The SMILES string of the molecule is Cn1cc(Nc2ncnc(-c3cc4c(cc3F)[C@H](NC(=O)c3noc(C(C)(C)C)n3)CCCC4)n2)cn1. The lowest BCUT2D eigenvalue weighted by Gasteiger charge is -2.19. The molecule has 37 heavy (non-hydrogen) atoms. The number of aryl methyl sites for hydroxylation is 2. The smallest absolute Gasteiger partial charge is 0.293 e. The van der Waals surface area contributed by atoms with Gasteiger partial charge in [-0.15, -0.1) is 0 Å². The van der Waals surface area contributed by atoms with E-state index in [2.05, 4.69) is 40.8 Å². The molecule has 11 nitrogen and oxygen atoms in total. The van der Waals surface area contributed by atoms with Gasteiger partial charge in [-0.3, -0.25) is 9.48 Å². The fourth-order valence-corrected chi connectivity index (χ4v) is 4.26. The summed E-state index contributed by atoms with van der Waals surface area (Å²) in [4.78, 5) is 29.9. The third kappa shape index (κ3) is 5.32. The van der Waals surface area contributed by atoms with E-state index in [0.717, 1.165) is 30.4 Å². The lowest BCUT2D eigenvalue weighted by Crippen LogP contribution is -2.30. The maximum atomic E-state index is 15.4. The fourth-order valence-electron chi connectivity index (χ4n) is 4.26. The number of benzene rings is 1. The van der Waals surface area contributed by atoms with Gasteiger partial charge in [0.25, 0.3) is 11.7 Å². The molecular weight excluding hydrogens is 477 g/mol. The molecule has 1 aliphatic rings. The molecule has 1 aromatic carbocycles. The molecule has 2 N–H and O–H groups in total. The van der Waals surface area contributed by atoms with E-state index in [0.29, 0.717) is 18.0 Å². The van der Waals surface area contributed by atoms with E-state index in [4.69, 9.17) is 4.52 Å². The van der Waals surface area contributed by atoms with Gasteiger partial charge >= 0.3 is 0 Å². The van der Waals surface area contributed by atoms with Crippen LogP contribution in [0.15, 0.2) is 35.4 Å². The minimum Gasteiger partial charge on any atom is -0.342 e. The maximum absolute atomic E-state index is 15.4. The number of carbonyl (C=O) groups excluding carboxylic acids is 1. The van der Waals surface area contributed by atoms with Gasteiger partial charge in [-0.25, -0.2) is 14.4 Å². The highest BCUT2D eigenvalue weighted by molar-refractivity contribution is 5.90. The summed E-state index contributed by atoms with van der Waals surface area (Å²) in [7, 11) is 1.80. The Labute approximate surface area is 212 Å². The van der Waals surface area contributed by atoms with Crippen molar-refractivity contribution in [3.63, 3.8) is 0 Å². The van der Waals surface area contributed by atoms with Gasteiger partial charge in [-0.2, -0.15) is 15.1 Å². The Morgan fingerprint density at radius 1 is 1.19 bits per heavy atom. The van der Waals surface area contributed by atoms with E-state index in [1.165, 1.54) is 12.4 Å². The summed E-state index contributed by atoms with van der Waals surface area (Å²) in [6.07, 6.45) is 7.96. The van der Waals surface area contributed by atoms with Crippen LogP contribution >= 0.6 is 0 Å². The average molecular weight is 506 g/mol. The topological polar surface area (TPSA) is 137 Å². The lowest BCUT2D eigenvalue weighted by atomic mass is 9.96. The van der Waals surface area contributed by atoms with E-state index >= 15 is 4.39 Å². The number of anilines is 2. The molecule has 192 valence electrons. The molecule has 0 saturated heterocycles. The van der Waals surface area contributed by atoms with Gasteiger partial charge in [-0.05, 0) is 42.5 Å². The molecule has 3 heterocycles. The molecule has 1 atom stereocenters.